The summed E-state index contributed by atoms with van der Waals surface area (Å²) in [7, 11) is 1.32. The monoisotopic (exact) mass is 374 g/mol. The van der Waals surface area contributed by atoms with Crippen molar-refractivity contribution in [3.05, 3.63) is 57.8 Å². The third kappa shape index (κ3) is 5.70. The molecule has 2 rings (SSSR count). The van der Waals surface area contributed by atoms with Crippen LogP contribution in [0, 0.1) is 6.92 Å². The lowest BCUT2D eigenvalue weighted by atomic mass is 10.1. The first-order chi connectivity index (χ1) is 12.5. The van der Waals surface area contributed by atoms with Crippen LogP contribution in [-0.4, -0.2) is 31.4 Å². The predicted molar refractivity (Wildman–Crippen MR) is 100.0 cm³/mol. The van der Waals surface area contributed by atoms with Crippen molar-refractivity contribution in [3.8, 4) is 0 Å². The molecule has 1 unspecified atom stereocenters. The third-order valence-corrected chi connectivity index (χ3v) is 4.83. The molecule has 0 aliphatic heterocycles. The van der Waals surface area contributed by atoms with Gasteiger partial charge in [-0.25, -0.2) is 0 Å². The summed E-state index contributed by atoms with van der Waals surface area (Å²) in [5.74, 6) is -0.839. The Morgan fingerprint density at radius 2 is 1.92 bits per heavy atom. The number of methoxy groups -OCH3 is 1. The highest BCUT2D eigenvalue weighted by molar-refractivity contribution is 7.10. The number of aryl methyl sites for hydroxylation is 1. The van der Waals surface area contributed by atoms with Crippen molar-refractivity contribution in [2.45, 2.75) is 25.8 Å². The average Bonchev–Trinajstić information content (AvgIpc) is 3.16. The Bertz CT molecular complexity index is 759. The second-order valence-electron chi connectivity index (χ2n) is 5.74. The lowest BCUT2D eigenvalue weighted by Crippen LogP contribution is -2.33. The molecule has 0 radical (unpaired) electrons. The van der Waals surface area contributed by atoms with Crippen LogP contribution in [0.15, 0.2) is 41.8 Å². The maximum Gasteiger partial charge on any atom is 0.307 e. The Morgan fingerprint density at radius 3 is 2.58 bits per heavy atom. The lowest BCUT2D eigenvalue weighted by molar-refractivity contribution is -0.141. The van der Waals surface area contributed by atoms with Gasteiger partial charge in [-0.2, -0.15) is 0 Å². The fourth-order valence-corrected chi connectivity index (χ4v) is 3.22. The Morgan fingerprint density at radius 1 is 1.15 bits per heavy atom. The normalized spacial score (nSPS) is 11.5. The SMILES string of the molecule is COC(=O)CC(NC(=O)CCNC(=O)c1ccccc1C)c1cccs1. The van der Waals surface area contributed by atoms with Gasteiger partial charge in [0.15, 0.2) is 0 Å². The van der Waals surface area contributed by atoms with Crippen molar-refractivity contribution in [2.75, 3.05) is 13.7 Å². The molecule has 0 spiro atoms. The Kier molecular flexibility index (Phi) is 7.35. The van der Waals surface area contributed by atoms with Gasteiger partial charge in [0.05, 0.1) is 19.6 Å². The van der Waals surface area contributed by atoms with Crippen molar-refractivity contribution in [3.63, 3.8) is 0 Å². The van der Waals surface area contributed by atoms with Gasteiger partial charge in [0.1, 0.15) is 0 Å². The van der Waals surface area contributed by atoms with Gasteiger partial charge in [-0.15, -0.1) is 11.3 Å². The van der Waals surface area contributed by atoms with Gasteiger partial charge in [-0.05, 0) is 30.0 Å². The van der Waals surface area contributed by atoms with E-state index in [1.807, 2.05) is 36.6 Å². The Balaban J connectivity index is 1.85. The zero-order valence-corrected chi connectivity index (χ0v) is 15.6. The molecule has 0 saturated heterocycles. The molecule has 1 aromatic heterocycles. The van der Waals surface area contributed by atoms with Crippen LogP contribution in [-0.2, 0) is 14.3 Å². The van der Waals surface area contributed by atoms with Gasteiger partial charge in [-0.3, -0.25) is 14.4 Å². The summed E-state index contributed by atoms with van der Waals surface area (Å²) in [4.78, 5) is 36.8. The number of thiophene rings is 1. The smallest absolute Gasteiger partial charge is 0.307 e. The summed E-state index contributed by atoms with van der Waals surface area (Å²) in [6.45, 7) is 2.08. The molecular weight excluding hydrogens is 352 g/mol. The van der Waals surface area contributed by atoms with Gasteiger partial charge in [0.2, 0.25) is 5.91 Å². The molecule has 2 amide bonds. The summed E-state index contributed by atoms with van der Waals surface area (Å²) >= 11 is 1.46. The molecular formula is C19H22N2O4S. The topological polar surface area (TPSA) is 84.5 Å². The van der Waals surface area contributed by atoms with E-state index in [4.69, 9.17) is 4.74 Å². The van der Waals surface area contributed by atoms with E-state index in [-0.39, 0.29) is 31.2 Å². The first-order valence-electron chi connectivity index (χ1n) is 8.24. The third-order valence-electron chi connectivity index (χ3n) is 3.85. The number of amides is 2. The number of nitrogens with one attached hydrogen (secondary N) is 2. The van der Waals surface area contributed by atoms with Crippen LogP contribution in [0.3, 0.4) is 0 Å². The van der Waals surface area contributed by atoms with Crippen LogP contribution in [0.5, 0.6) is 0 Å². The number of ether oxygens (including phenoxy) is 1. The van der Waals surface area contributed by atoms with Crippen molar-refractivity contribution < 1.29 is 19.1 Å². The van der Waals surface area contributed by atoms with Crippen molar-refractivity contribution in [1.29, 1.82) is 0 Å². The Labute approximate surface area is 156 Å². The van der Waals surface area contributed by atoms with Gasteiger partial charge in [0, 0.05) is 23.4 Å². The van der Waals surface area contributed by atoms with Crippen molar-refractivity contribution in [1.82, 2.24) is 10.6 Å². The summed E-state index contributed by atoms with van der Waals surface area (Å²) in [6, 6.07) is 10.6. The van der Waals surface area contributed by atoms with Crippen LogP contribution in [0.2, 0.25) is 0 Å². The first-order valence-corrected chi connectivity index (χ1v) is 9.12. The quantitative estimate of drug-likeness (QED) is 0.696. The number of carbonyl (C=O) groups is 3. The van der Waals surface area contributed by atoms with Gasteiger partial charge >= 0.3 is 5.97 Å². The van der Waals surface area contributed by atoms with Crippen LogP contribution in [0.4, 0.5) is 0 Å². The standard InChI is InChI=1S/C19H22N2O4S/c1-13-6-3-4-7-14(13)19(24)20-10-9-17(22)21-15(12-18(23)25-2)16-8-5-11-26-16/h3-8,11,15H,9-10,12H2,1-2H3,(H,20,24)(H,21,22). The highest BCUT2D eigenvalue weighted by Crippen LogP contribution is 2.22. The molecule has 0 fully saturated rings. The average molecular weight is 374 g/mol. The fraction of sp³-hybridized carbons (Fsp3) is 0.316. The van der Waals surface area contributed by atoms with Crippen LogP contribution in [0.25, 0.3) is 0 Å². The highest BCUT2D eigenvalue weighted by Gasteiger charge is 2.19. The number of hydrogen-bond donors (Lipinski definition) is 2. The molecule has 2 aromatic rings. The largest absolute Gasteiger partial charge is 0.469 e. The zero-order valence-electron chi connectivity index (χ0n) is 14.8. The number of benzene rings is 1. The van der Waals surface area contributed by atoms with Crippen molar-refractivity contribution in [2.24, 2.45) is 0 Å². The first kappa shape index (κ1) is 19.7. The van der Waals surface area contributed by atoms with E-state index >= 15 is 0 Å². The fourth-order valence-electron chi connectivity index (χ4n) is 2.44. The van der Waals surface area contributed by atoms with Crippen LogP contribution in [0.1, 0.15) is 39.7 Å². The summed E-state index contributed by atoms with van der Waals surface area (Å²) in [5.41, 5.74) is 1.47. The van der Waals surface area contributed by atoms with E-state index in [0.717, 1.165) is 10.4 Å². The molecule has 0 aliphatic rings. The molecule has 1 heterocycles. The number of hydrogen-bond acceptors (Lipinski definition) is 5. The van der Waals surface area contributed by atoms with E-state index in [1.54, 1.807) is 12.1 Å². The molecule has 2 N–H and O–H groups in total. The van der Waals surface area contributed by atoms with E-state index in [0.29, 0.717) is 5.56 Å². The predicted octanol–water partition coefficient (Wildman–Crippen LogP) is 2.60. The van der Waals surface area contributed by atoms with Crippen molar-refractivity contribution >= 4 is 29.1 Å². The Hall–Kier alpha value is -2.67. The van der Waals surface area contributed by atoms with E-state index in [2.05, 4.69) is 10.6 Å². The molecule has 0 saturated carbocycles. The minimum absolute atomic E-state index is 0.0678. The second-order valence-corrected chi connectivity index (χ2v) is 6.72. The maximum absolute atomic E-state index is 12.2. The minimum atomic E-state index is -0.429. The van der Waals surface area contributed by atoms with Crippen LogP contribution < -0.4 is 10.6 Å². The molecule has 1 atom stereocenters. The maximum atomic E-state index is 12.2. The van der Waals surface area contributed by atoms with Gasteiger partial charge < -0.3 is 15.4 Å². The summed E-state index contributed by atoms with van der Waals surface area (Å²) in [6.07, 6.45) is 0.193. The number of esters is 1. The number of carbonyl (C=O) groups excluding carboxylic acids is 3. The molecule has 138 valence electrons. The molecule has 7 heteroatoms. The summed E-state index contributed by atoms with van der Waals surface area (Å²) < 4.78 is 4.69. The van der Waals surface area contributed by atoms with Gasteiger partial charge in [0.25, 0.3) is 5.91 Å². The van der Waals surface area contributed by atoms with Gasteiger partial charge in [-0.1, -0.05) is 24.3 Å². The minimum Gasteiger partial charge on any atom is -0.469 e. The molecule has 6 nitrogen and oxygen atoms in total. The van der Waals surface area contributed by atoms with E-state index in [9.17, 15) is 14.4 Å². The lowest BCUT2D eigenvalue weighted by Gasteiger charge is -2.16. The second kappa shape index (κ2) is 9.72. The highest BCUT2D eigenvalue weighted by atomic mass is 32.1. The molecule has 1 aromatic carbocycles. The van der Waals surface area contributed by atoms with E-state index in [1.165, 1.54) is 18.4 Å². The molecule has 26 heavy (non-hydrogen) atoms. The summed E-state index contributed by atoms with van der Waals surface area (Å²) in [5, 5.41) is 7.45. The number of rotatable bonds is 8. The molecule has 0 bridgehead atoms. The molecule has 0 aliphatic carbocycles. The van der Waals surface area contributed by atoms with E-state index < -0.39 is 12.0 Å². The van der Waals surface area contributed by atoms with Crippen LogP contribution >= 0.6 is 11.3 Å². The zero-order chi connectivity index (χ0) is 18.9.